The summed E-state index contributed by atoms with van der Waals surface area (Å²) in [5.41, 5.74) is 4.64. The number of aryl methyl sites for hydroxylation is 2. The number of H-pyrrole nitrogens is 1. The molecule has 0 spiro atoms. The zero-order chi connectivity index (χ0) is 18.1. The van der Waals surface area contributed by atoms with Gasteiger partial charge in [0.1, 0.15) is 0 Å². The van der Waals surface area contributed by atoms with Crippen molar-refractivity contribution in [3.8, 4) is 0 Å². The SMILES string of the molecule is CCn1c(SCC(=O)c2[nH]c(C)c(C(C)=O)c2C)nc2ccccc21. The molecule has 130 valence electrons. The number of carbonyl (C=O) groups is 2. The van der Waals surface area contributed by atoms with Crippen LogP contribution < -0.4 is 0 Å². The molecule has 1 N–H and O–H groups in total. The van der Waals surface area contributed by atoms with Crippen LogP contribution in [0, 0.1) is 13.8 Å². The first-order valence-electron chi connectivity index (χ1n) is 8.25. The number of Topliss-reactive ketones (excluding diaryl/α,β-unsaturated/α-hetero) is 2. The van der Waals surface area contributed by atoms with Crippen molar-refractivity contribution in [1.29, 1.82) is 0 Å². The fraction of sp³-hybridized carbons (Fsp3) is 0.316. The van der Waals surface area contributed by atoms with Crippen LogP contribution in [0.25, 0.3) is 11.0 Å². The van der Waals surface area contributed by atoms with Crippen molar-refractivity contribution in [3.05, 3.63) is 46.8 Å². The Kier molecular flexibility index (Phi) is 4.81. The summed E-state index contributed by atoms with van der Waals surface area (Å²) in [7, 11) is 0. The molecular weight excluding hydrogens is 334 g/mol. The number of benzene rings is 1. The molecule has 0 fully saturated rings. The van der Waals surface area contributed by atoms with Gasteiger partial charge in [-0.25, -0.2) is 4.98 Å². The van der Waals surface area contributed by atoms with E-state index in [1.54, 1.807) is 0 Å². The van der Waals surface area contributed by atoms with E-state index in [2.05, 4.69) is 21.5 Å². The number of para-hydroxylation sites is 2. The van der Waals surface area contributed by atoms with Crippen molar-refractivity contribution in [3.63, 3.8) is 0 Å². The minimum atomic E-state index is -0.0225. The molecule has 3 aromatic rings. The largest absolute Gasteiger partial charge is 0.355 e. The summed E-state index contributed by atoms with van der Waals surface area (Å²) in [5.74, 6) is 0.236. The smallest absolute Gasteiger partial charge is 0.189 e. The minimum absolute atomic E-state index is 0.0205. The first-order valence-corrected chi connectivity index (χ1v) is 9.24. The lowest BCUT2D eigenvalue weighted by molar-refractivity contribution is 0.101. The van der Waals surface area contributed by atoms with Crippen LogP contribution in [0.1, 0.15) is 46.0 Å². The van der Waals surface area contributed by atoms with E-state index in [9.17, 15) is 9.59 Å². The molecule has 0 aliphatic carbocycles. The lowest BCUT2D eigenvalue weighted by Crippen LogP contribution is -2.07. The fourth-order valence-corrected chi connectivity index (χ4v) is 4.18. The van der Waals surface area contributed by atoms with Gasteiger partial charge in [0.25, 0.3) is 0 Å². The Morgan fingerprint density at radius 2 is 1.96 bits per heavy atom. The van der Waals surface area contributed by atoms with E-state index < -0.39 is 0 Å². The Balaban J connectivity index is 1.84. The molecule has 0 saturated heterocycles. The van der Waals surface area contributed by atoms with Crippen LogP contribution in [-0.2, 0) is 6.54 Å². The molecule has 0 amide bonds. The normalized spacial score (nSPS) is 11.2. The number of hydrogen-bond acceptors (Lipinski definition) is 4. The molecule has 3 rings (SSSR count). The maximum absolute atomic E-state index is 12.6. The van der Waals surface area contributed by atoms with Gasteiger partial charge in [-0.3, -0.25) is 9.59 Å². The predicted octanol–water partition coefficient (Wildman–Crippen LogP) is 4.18. The van der Waals surface area contributed by atoms with E-state index >= 15 is 0 Å². The lowest BCUT2D eigenvalue weighted by Gasteiger charge is -2.05. The topological polar surface area (TPSA) is 67.8 Å². The molecular formula is C19H21N3O2S. The van der Waals surface area contributed by atoms with Crippen LogP contribution in [0.4, 0.5) is 0 Å². The molecule has 0 aliphatic rings. The number of ketones is 2. The van der Waals surface area contributed by atoms with Gasteiger partial charge in [-0.15, -0.1) is 0 Å². The summed E-state index contributed by atoms with van der Waals surface area (Å²) in [6.07, 6.45) is 0. The molecule has 2 aromatic heterocycles. The zero-order valence-corrected chi connectivity index (χ0v) is 15.7. The maximum Gasteiger partial charge on any atom is 0.189 e. The predicted molar refractivity (Wildman–Crippen MR) is 101 cm³/mol. The number of nitrogens with zero attached hydrogens (tertiary/aromatic N) is 2. The Bertz CT molecular complexity index is 969. The van der Waals surface area contributed by atoms with Crippen molar-refractivity contribution < 1.29 is 9.59 Å². The van der Waals surface area contributed by atoms with Crippen molar-refractivity contribution in [2.75, 3.05) is 5.75 Å². The highest BCUT2D eigenvalue weighted by atomic mass is 32.2. The van der Waals surface area contributed by atoms with Crippen LogP contribution in [0.3, 0.4) is 0 Å². The zero-order valence-electron chi connectivity index (χ0n) is 14.8. The highest BCUT2D eigenvalue weighted by Gasteiger charge is 2.20. The molecule has 2 heterocycles. The van der Waals surface area contributed by atoms with E-state index in [4.69, 9.17) is 0 Å². The van der Waals surface area contributed by atoms with Gasteiger partial charge in [-0.2, -0.15) is 0 Å². The monoisotopic (exact) mass is 355 g/mol. The Morgan fingerprint density at radius 1 is 1.24 bits per heavy atom. The van der Waals surface area contributed by atoms with E-state index in [0.717, 1.165) is 34.0 Å². The summed E-state index contributed by atoms with van der Waals surface area (Å²) in [4.78, 5) is 32.1. The van der Waals surface area contributed by atoms with E-state index in [0.29, 0.717) is 11.3 Å². The summed E-state index contributed by atoms with van der Waals surface area (Å²) in [6, 6.07) is 7.97. The van der Waals surface area contributed by atoms with Crippen molar-refractivity contribution in [1.82, 2.24) is 14.5 Å². The van der Waals surface area contributed by atoms with E-state index in [1.807, 2.05) is 38.1 Å². The number of hydrogen-bond donors (Lipinski definition) is 1. The first-order chi connectivity index (χ1) is 11.9. The Labute approximate surface area is 150 Å². The summed E-state index contributed by atoms with van der Waals surface area (Å²) in [6.45, 7) is 8.03. The van der Waals surface area contributed by atoms with Gasteiger partial charge in [0.05, 0.1) is 22.5 Å². The minimum Gasteiger partial charge on any atom is -0.355 e. The summed E-state index contributed by atoms with van der Waals surface area (Å²) in [5, 5.41) is 0.838. The molecule has 5 nitrogen and oxygen atoms in total. The average molecular weight is 355 g/mol. The molecule has 0 saturated carbocycles. The van der Waals surface area contributed by atoms with Crippen LogP contribution >= 0.6 is 11.8 Å². The van der Waals surface area contributed by atoms with Gasteiger partial charge in [-0.05, 0) is 45.4 Å². The quantitative estimate of drug-likeness (QED) is 0.532. The standard InChI is InChI=1S/C19H21N3O2S/c1-5-22-15-9-7-6-8-14(15)21-19(22)25-10-16(24)18-11(2)17(13(4)23)12(3)20-18/h6-9,20H,5,10H2,1-4H3. The van der Waals surface area contributed by atoms with Crippen molar-refractivity contribution in [2.24, 2.45) is 0 Å². The van der Waals surface area contributed by atoms with Gasteiger partial charge < -0.3 is 9.55 Å². The van der Waals surface area contributed by atoms with Crippen LogP contribution in [0.15, 0.2) is 29.4 Å². The van der Waals surface area contributed by atoms with Crippen molar-refractivity contribution in [2.45, 2.75) is 39.4 Å². The molecule has 0 bridgehead atoms. The maximum atomic E-state index is 12.6. The number of nitrogens with one attached hydrogen (secondary N) is 1. The summed E-state index contributed by atoms with van der Waals surface area (Å²) >= 11 is 1.43. The molecule has 0 unspecified atom stereocenters. The second-order valence-electron chi connectivity index (χ2n) is 6.02. The Hall–Kier alpha value is -2.34. The highest BCUT2D eigenvalue weighted by Crippen LogP contribution is 2.26. The molecule has 25 heavy (non-hydrogen) atoms. The number of fused-ring (bicyclic) bond motifs is 1. The summed E-state index contributed by atoms with van der Waals surface area (Å²) < 4.78 is 2.11. The van der Waals surface area contributed by atoms with E-state index in [-0.39, 0.29) is 17.3 Å². The third-order valence-electron chi connectivity index (χ3n) is 4.34. The van der Waals surface area contributed by atoms with Crippen LogP contribution in [0.2, 0.25) is 0 Å². The average Bonchev–Trinajstić information content (AvgIpc) is 3.09. The number of rotatable bonds is 6. The third-order valence-corrected chi connectivity index (χ3v) is 5.31. The highest BCUT2D eigenvalue weighted by molar-refractivity contribution is 7.99. The molecule has 1 aromatic carbocycles. The van der Waals surface area contributed by atoms with Crippen LogP contribution in [0.5, 0.6) is 0 Å². The molecule has 0 atom stereocenters. The Morgan fingerprint density at radius 3 is 2.60 bits per heavy atom. The van der Waals surface area contributed by atoms with Gasteiger partial charge >= 0.3 is 0 Å². The fourth-order valence-electron chi connectivity index (χ4n) is 3.23. The van der Waals surface area contributed by atoms with Gasteiger partial charge in [-0.1, -0.05) is 23.9 Å². The van der Waals surface area contributed by atoms with Crippen molar-refractivity contribution >= 4 is 34.4 Å². The molecule has 0 aliphatic heterocycles. The second kappa shape index (κ2) is 6.88. The number of aromatic nitrogens is 3. The second-order valence-corrected chi connectivity index (χ2v) is 6.96. The number of thioether (sulfide) groups is 1. The first kappa shape index (κ1) is 17.5. The van der Waals surface area contributed by atoms with Crippen LogP contribution in [-0.4, -0.2) is 31.9 Å². The van der Waals surface area contributed by atoms with E-state index in [1.165, 1.54) is 18.7 Å². The number of aromatic amines is 1. The molecule has 6 heteroatoms. The third kappa shape index (κ3) is 3.14. The number of carbonyl (C=O) groups excluding carboxylic acids is 2. The lowest BCUT2D eigenvalue weighted by atomic mass is 10.1. The van der Waals surface area contributed by atoms with Gasteiger partial charge in [0.15, 0.2) is 16.7 Å². The van der Waals surface area contributed by atoms with Gasteiger partial charge in [0, 0.05) is 17.8 Å². The number of imidazole rings is 1. The van der Waals surface area contributed by atoms with Gasteiger partial charge in [0.2, 0.25) is 0 Å². The molecule has 0 radical (unpaired) electrons.